The number of ether oxygens (including phenoxy) is 2. The molecule has 116 valence electrons. The Morgan fingerprint density at radius 1 is 1.24 bits per heavy atom. The van der Waals surface area contributed by atoms with Crippen LogP contribution >= 0.6 is 0 Å². The fraction of sp³-hybridized carbons (Fsp3) is 0.588. The van der Waals surface area contributed by atoms with E-state index in [1.807, 2.05) is 45.9 Å². The molecule has 1 aliphatic carbocycles. The average Bonchev–Trinajstić information content (AvgIpc) is 2.83. The van der Waals surface area contributed by atoms with Crippen molar-refractivity contribution in [2.75, 3.05) is 5.32 Å². The first-order valence-electron chi connectivity index (χ1n) is 7.61. The zero-order valence-electron chi connectivity index (χ0n) is 13.4. The van der Waals surface area contributed by atoms with E-state index in [-0.39, 0.29) is 0 Å². The van der Waals surface area contributed by atoms with Crippen molar-refractivity contribution in [3.05, 3.63) is 23.8 Å². The molecule has 1 aromatic carbocycles. The van der Waals surface area contributed by atoms with E-state index in [2.05, 4.69) is 5.32 Å². The summed E-state index contributed by atoms with van der Waals surface area (Å²) < 4.78 is 11.2. The molecular weight excluding hydrogens is 266 g/mol. The van der Waals surface area contributed by atoms with E-state index in [0.29, 0.717) is 6.10 Å². The first-order chi connectivity index (χ1) is 9.83. The number of amides is 1. The van der Waals surface area contributed by atoms with E-state index in [9.17, 15) is 4.79 Å². The average molecular weight is 291 g/mol. The van der Waals surface area contributed by atoms with Crippen molar-refractivity contribution in [3.8, 4) is 5.75 Å². The minimum Gasteiger partial charge on any atom is -0.490 e. The first-order valence-corrected chi connectivity index (χ1v) is 7.61. The van der Waals surface area contributed by atoms with Gasteiger partial charge in [-0.15, -0.1) is 0 Å². The number of benzene rings is 1. The van der Waals surface area contributed by atoms with Gasteiger partial charge in [0.1, 0.15) is 11.4 Å². The lowest BCUT2D eigenvalue weighted by molar-refractivity contribution is 0.0635. The zero-order valence-corrected chi connectivity index (χ0v) is 13.4. The van der Waals surface area contributed by atoms with Gasteiger partial charge in [-0.3, -0.25) is 5.32 Å². The van der Waals surface area contributed by atoms with Crippen LogP contribution < -0.4 is 10.1 Å². The van der Waals surface area contributed by atoms with Gasteiger partial charge in [0, 0.05) is 5.69 Å². The van der Waals surface area contributed by atoms with E-state index in [4.69, 9.17) is 9.47 Å². The summed E-state index contributed by atoms with van der Waals surface area (Å²) in [5, 5.41) is 2.77. The molecule has 1 amide bonds. The molecule has 0 aromatic heterocycles. The smallest absolute Gasteiger partial charge is 0.412 e. The molecule has 1 aliphatic rings. The summed E-state index contributed by atoms with van der Waals surface area (Å²) in [6.07, 6.45) is 4.68. The van der Waals surface area contributed by atoms with Gasteiger partial charge < -0.3 is 9.47 Å². The highest BCUT2D eigenvalue weighted by Crippen LogP contribution is 2.27. The van der Waals surface area contributed by atoms with Gasteiger partial charge in [-0.1, -0.05) is 0 Å². The lowest BCUT2D eigenvalue weighted by Crippen LogP contribution is -2.27. The van der Waals surface area contributed by atoms with Crippen molar-refractivity contribution in [2.45, 2.75) is 65.1 Å². The maximum absolute atomic E-state index is 11.8. The largest absolute Gasteiger partial charge is 0.490 e. The molecule has 0 atom stereocenters. The minimum absolute atomic E-state index is 0.342. The van der Waals surface area contributed by atoms with Crippen molar-refractivity contribution in [3.63, 3.8) is 0 Å². The molecule has 1 saturated carbocycles. The third kappa shape index (κ3) is 4.96. The van der Waals surface area contributed by atoms with Crippen LogP contribution in [-0.4, -0.2) is 17.8 Å². The van der Waals surface area contributed by atoms with E-state index in [1.165, 1.54) is 12.8 Å². The van der Waals surface area contributed by atoms with E-state index in [0.717, 1.165) is 29.8 Å². The molecule has 4 heteroatoms. The predicted octanol–water partition coefficient (Wildman–Crippen LogP) is 4.66. The van der Waals surface area contributed by atoms with Gasteiger partial charge in [-0.2, -0.15) is 0 Å². The van der Waals surface area contributed by atoms with Crippen LogP contribution in [0.15, 0.2) is 18.2 Å². The molecule has 0 spiro atoms. The summed E-state index contributed by atoms with van der Waals surface area (Å²) in [5.41, 5.74) is 1.23. The van der Waals surface area contributed by atoms with Crippen LogP contribution in [0.2, 0.25) is 0 Å². The van der Waals surface area contributed by atoms with Crippen LogP contribution in [0.5, 0.6) is 5.75 Å². The summed E-state index contributed by atoms with van der Waals surface area (Å²) >= 11 is 0. The molecule has 0 radical (unpaired) electrons. The molecule has 2 rings (SSSR count). The van der Waals surface area contributed by atoms with E-state index in [1.54, 1.807) is 0 Å². The van der Waals surface area contributed by atoms with Crippen molar-refractivity contribution in [2.24, 2.45) is 0 Å². The number of hydrogen-bond donors (Lipinski definition) is 1. The monoisotopic (exact) mass is 291 g/mol. The number of anilines is 1. The van der Waals surface area contributed by atoms with E-state index >= 15 is 0 Å². The van der Waals surface area contributed by atoms with Gasteiger partial charge in [0.15, 0.2) is 0 Å². The molecule has 1 N–H and O–H groups in total. The summed E-state index contributed by atoms with van der Waals surface area (Å²) in [4.78, 5) is 11.8. The second kappa shape index (κ2) is 6.37. The van der Waals surface area contributed by atoms with Crippen molar-refractivity contribution in [1.29, 1.82) is 0 Å². The highest BCUT2D eigenvalue weighted by Gasteiger charge is 2.18. The SMILES string of the molecule is Cc1cc(OC2CCCC2)ccc1NC(=O)OC(C)(C)C. The Morgan fingerprint density at radius 3 is 2.48 bits per heavy atom. The molecule has 4 nitrogen and oxygen atoms in total. The third-order valence-corrected chi connectivity index (χ3v) is 3.44. The highest BCUT2D eigenvalue weighted by molar-refractivity contribution is 5.86. The summed E-state index contributed by atoms with van der Waals surface area (Å²) in [6, 6.07) is 5.73. The second-order valence-electron chi connectivity index (χ2n) is 6.63. The van der Waals surface area contributed by atoms with Gasteiger partial charge in [0.2, 0.25) is 0 Å². The molecule has 1 fully saturated rings. The molecule has 0 bridgehead atoms. The Labute approximate surface area is 126 Å². The van der Waals surface area contributed by atoms with Gasteiger partial charge in [-0.25, -0.2) is 4.79 Å². The lowest BCUT2D eigenvalue weighted by Gasteiger charge is -2.20. The number of aryl methyl sites for hydroxylation is 1. The number of nitrogens with one attached hydrogen (secondary N) is 1. The topological polar surface area (TPSA) is 47.6 Å². The van der Waals surface area contributed by atoms with Gasteiger partial charge in [0.25, 0.3) is 0 Å². The fourth-order valence-corrected chi connectivity index (χ4v) is 2.46. The standard InChI is InChI=1S/C17H25NO3/c1-12-11-14(20-13-7-5-6-8-13)9-10-15(12)18-16(19)21-17(2,3)4/h9-11,13H,5-8H2,1-4H3,(H,18,19). The molecule has 1 aromatic rings. The van der Waals surface area contributed by atoms with Crippen LogP contribution in [-0.2, 0) is 4.74 Å². The highest BCUT2D eigenvalue weighted by atomic mass is 16.6. The zero-order chi connectivity index (χ0) is 15.5. The van der Waals surface area contributed by atoms with Crippen molar-refractivity contribution < 1.29 is 14.3 Å². The lowest BCUT2D eigenvalue weighted by atomic mass is 10.2. The quantitative estimate of drug-likeness (QED) is 0.880. The van der Waals surface area contributed by atoms with Crippen molar-refractivity contribution in [1.82, 2.24) is 0 Å². The maximum atomic E-state index is 11.8. The van der Waals surface area contributed by atoms with E-state index < -0.39 is 11.7 Å². The summed E-state index contributed by atoms with van der Waals surface area (Å²) in [7, 11) is 0. The Balaban J connectivity index is 1.96. The fourth-order valence-electron chi connectivity index (χ4n) is 2.46. The number of carbonyl (C=O) groups excluding carboxylic acids is 1. The minimum atomic E-state index is -0.497. The molecule has 0 saturated heterocycles. The molecule has 0 unspecified atom stereocenters. The molecule has 0 aliphatic heterocycles. The Morgan fingerprint density at radius 2 is 1.90 bits per heavy atom. The normalized spacial score (nSPS) is 15.8. The van der Waals surface area contributed by atoms with Gasteiger partial charge in [-0.05, 0) is 77.1 Å². The Bertz CT molecular complexity index is 499. The maximum Gasteiger partial charge on any atom is 0.412 e. The van der Waals surface area contributed by atoms with Gasteiger partial charge >= 0.3 is 6.09 Å². The first kappa shape index (κ1) is 15.7. The number of hydrogen-bond acceptors (Lipinski definition) is 3. The van der Waals surface area contributed by atoms with Gasteiger partial charge in [0.05, 0.1) is 6.10 Å². The van der Waals surface area contributed by atoms with Crippen LogP contribution in [0.3, 0.4) is 0 Å². The molecule has 21 heavy (non-hydrogen) atoms. The van der Waals surface area contributed by atoms with Crippen LogP contribution in [0.4, 0.5) is 10.5 Å². The molecule has 0 heterocycles. The van der Waals surface area contributed by atoms with Crippen LogP contribution in [0.25, 0.3) is 0 Å². The molecular formula is C17H25NO3. The van der Waals surface area contributed by atoms with Crippen LogP contribution in [0.1, 0.15) is 52.0 Å². The van der Waals surface area contributed by atoms with Crippen molar-refractivity contribution >= 4 is 11.8 Å². The Hall–Kier alpha value is -1.71. The third-order valence-electron chi connectivity index (χ3n) is 3.44. The second-order valence-corrected chi connectivity index (χ2v) is 6.63. The summed E-state index contributed by atoms with van der Waals surface area (Å²) in [5.74, 6) is 0.870. The van der Waals surface area contributed by atoms with Crippen LogP contribution in [0, 0.1) is 6.92 Å². The summed E-state index contributed by atoms with van der Waals surface area (Å²) in [6.45, 7) is 7.49. The Kier molecular flexibility index (Phi) is 4.76. The predicted molar refractivity (Wildman–Crippen MR) is 83.9 cm³/mol. The number of rotatable bonds is 3. The number of carbonyl (C=O) groups is 1.